The zero-order valence-electron chi connectivity index (χ0n) is 12.4. The Morgan fingerprint density at radius 1 is 1.23 bits per heavy atom. The van der Waals surface area contributed by atoms with Crippen molar-refractivity contribution in [3.63, 3.8) is 0 Å². The van der Waals surface area contributed by atoms with E-state index in [9.17, 15) is 21.6 Å². The first-order chi connectivity index (χ1) is 9.65. The minimum absolute atomic E-state index is 0. The molecule has 1 heterocycles. The molecule has 3 nitrogen and oxygen atoms in total. The second-order valence-corrected chi connectivity index (χ2v) is 6.96. The lowest BCUT2D eigenvalue weighted by Crippen LogP contribution is -3.00. The average Bonchev–Trinajstić information content (AvgIpc) is 2.67. The fourth-order valence-electron chi connectivity index (χ4n) is 2.89. The average molecular weight is 447 g/mol. The normalized spacial score (nSPS) is 18.2. The van der Waals surface area contributed by atoms with Crippen LogP contribution in [-0.4, -0.2) is 30.8 Å². The van der Waals surface area contributed by atoms with E-state index in [-0.39, 0.29) is 29.9 Å². The molecule has 0 amide bonds. The Labute approximate surface area is 145 Å². The molecule has 0 spiro atoms. The number of fused-ring (bicyclic) bond motifs is 1. The Morgan fingerprint density at radius 3 is 2.27 bits per heavy atom. The maximum Gasteiger partial charge on any atom is 0.501 e. The first kappa shape index (κ1) is 19.4. The van der Waals surface area contributed by atoms with Crippen LogP contribution < -0.4 is 24.0 Å². The Balaban J connectivity index is 0.00000242. The zero-order chi connectivity index (χ0) is 16.0. The molecule has 2 rings (SSSR count). The summed E-state index contributed by atoms with van der Waals surface area (Å²) in [7, 11) is -5.31. The van der Waals surface area contributed by atoms with Gasteiger partial charge in [-0.25, -0.2) is 8.42 Å². The zero-order valence-corrected chi connectivity index (χ0v) is 15.4. The van der Waals surface area contributed by atoms with Gasteiger partial charge < -0.3 is 24.0 Å². The lowest BCUT2D eigenvalue weighted by molar-refractivity contribution is -0.434. The number of halogens is 4. The van der Waals surface area contributed by atoms with Crippen molar-refractivity contribution in [2.24, 2.45) is 0 Å². The van der Waals surface area contributed by atoms with Crippen molar-refractivity contribution < 1.29 is 50.1 Å². The number of benzene rings is 1. The smallest absolute Gasteiger partial charge is 0.501 e. The Bertz CT molecular complexity index is 711. The number of nitrogens with zero attached hydrogens (tertiary/aromatic N) is 1. The van der Waals surface area contributed by atoms with Crippen molar-refractivity contribution in [2.45, 2.75) is 43.5 Å². The highest BCUT2D eigenvalue weighted by molar-refractivity contribution is 7.92. The molecule has 124 valence electrons. The summed E-state index contributed by atoms with van der Waals surface area (Å²) >= 11 is 0. The highest BCUT2D eigenvalue weighted by atomic mass is 127. The van der Waals surface area contributed by atoms with Crippen LogP contribution in [0.25, 0.3) is 0 Å². The Kier molecular flexibility index (Phi) is 5.70. The standard InChI is InChI=1S/C14H17F3NO2S.HI/c1-4-11-9(3)18(5-2)13-8-10(6-7-12(11)13)21(19,20)14(15,16)17;/h6-8,11H,4-5H2,1-3H3;1H/q+1;/p-1. The molecule has 22 heavy (non-hydrogen) atoms. The largest absolute Gasteiger partial charge is 1.00 e. The lowest BCUT2D eigenvalue weighted by atomic mass is 9.94. The highest BCUT2D eigenvalue weighted by Gasteiger charge is 2.48. The van der Waals surface area contributed by atoms with Crippen molar-refractivity contribution >= 4 is 21.2 Å². The SMILES string of the molecule is CCC1C(C)=[N+](CC)c2cc(S(=O)(=O)C(F)(F)F)ccc21.[I-]. The van der Waals surface area contributed by atoms with E-state index >= 15 is 0 Å². The van der Waals surface area contributed by atoms with Gasteiger partial charge in [0.2, 0.25) is 5.69 Å². The molecule has 8 heteroatoms. The summed E-state index contributed by atoms with van der Waals surface area (Å²) in [6, 6.07) is 3.69. The quantitative estimate of drug-likeness (QED) is 0.504. The van der Waals surface area contributed by atoms with Gasteiger partial charge in [0.25, 0.3) is 9.84 Å². The minimum atomic E-state index is -5.31. The van der Waals surface area contributed by atoms with Crippen LogP contribution in [0.3, 0.4) is 0 Å². The van der Waals surface area contributed by atoms with Gasteiger partial charge in [-0.3, -0.25) is 0 Å². The van der Waals surface area contributed by atoms with E-state index in [0.717, 1.165) is 29.8 Å². The second kappa shape index (κ2) is 6.46. The van der Waals surface area contributed by atoms with E-state index in [4.69, 9.17) is 0 Å². The molecule has 1 atom stereocenters. The summed E-state index contributed by atoms with van der Waals surface area (Å²) in [4.78, 5) is -0.697. The molecular weight excluding hydrogens is 430 g/mol. The molecule has 0 saturated heterocycles. The van der Waals surface area contributed by atoms with Crippen LogP contribution in [0.5, 0.6) is 0 Å². The van der Waals surface area contributed by atoms with Gasteiger partial charge in [-0.15, -0.1) is 0 Å². The van der Waals surface area contributed by atoms with Gasteiger partial charge in [0.1, 0.15) is 6.54 Å². The van der Waals surface area contributed by atoms with Gasteiger partial charge in [-0.1, -0.05) is 13.0 Å². The summed E-state index contributed by atoms with van der Waals surface area (Å²) in [5.74, 6) is 0.127. The topological polar surface area (TPSA) is 37.1 Å². The fraction of sp³-hybridized carbons (Fsp3) is 0.500. The van der Waals surface area contributed by atoms with Crippen LogP contribution in [0.1, 0.15) is 38.7 Å². The van der Waals surface area contributed by atoms with Gasteiger partial charge >= 0.3 is 5.51 Å². The molecule has 1 aliphatic heterocycles. The van der Waals surface area contributed by atoms with Gasteiger partial charge in [-0.05, 0) is 19.4 Å². The predicted octanol–water partition coefficient (Wildman–Crippen LogP) is 0.616. The van der Waals surface area contributed by atoms with Gasteiger partial charge in [0.05, 0.1) is 10.8 Å². The van der Waals surface area contributed by atoms with E-state index in [1.807, 2.05) is 25.3 Å². The highest BCUT2D eigenvalue weighted by Crippen LogP contribution is 2.40. The van der Waals surface area contributed by atoms with Crippen LogP contribution >= 0.6 is 0 Å². The maximum atomic E-state index is 12.7. The van der Waals surface area contributed by atoms with E-state index < -0.39 is 20.2 Å². The molecule has 1 aromatic carbocycles. The number of sulfone groups is 1. The van der Waals surface area contributed by atoms with Crippen LogP contribution in [0.4, 0.5) is 18.9 Å². The third-order valence-corrected chi connectivity index (χ3v) is 5.42. The summed E-state index contributed by atoms with van der Waals surface area (Å²) in [6.07, 6.45) is 0.820. The molecule has 1 aliphatic rings. The van der Waals surface area contributed by atoms with E-state index in [1.54, 1.807) is 0 Å². The van der Waals surface area contributed by atoms with E-state index in [1.165, 1.54) is 6.07 Å². The van der Waals surface area contributed by atoms with Crippen LogP contribution in [0.15, 0.2) is 23.1 Å². The lowest BCUT2D eigenvalue weighted by Gasteiger charge is -2.09. The van der Waals surface area contributed by atoms with Crippen LogP contribution in [0, 0.1) is 0 Å². The fourth-order valence-corrected chi connectivity index (χ4v) is 3.67. The Hall–Kier alpha value is -0.640. The van der Waals surface area contributed by atoms with Gasteiger partial charge in [0, 0.05) is 18.6 Å². The molecule has 0 bridgehead atoms. The third-order valence-electron chi connectivity index (χ3n) is 3.94. The minimum Gasteiger partial charge on any atom is -1.00 e. The molecule has 1 aromatic rings. The van der Waals surface area contributed by atoms with E-state index in [0.29, 0.717) is 12.2 Å². The first-order valence-electron chi connectivity index (χ1n) is 6.71. The van der Waals surface area contributed by atoms with Crippen molar-refractivity contribution in [3.8, 4) is 0 Å². The number of rotatable bonds is 3. The molecule has 0 aliphatic carbocycles. The van der Waals surface area contributed by atoms with Crippen molar-refractivity contribution in [1.29, 1.82) is 0 Å². The van der Waals surface area contributed by atoms with Crippen molar-refractivity contribution in [2.75, 3.05) is 6.54 Å². The molecular formula is C14H17F3INO2S. The number of alkyl halides is 3. The summed E-state index contributed by atoms with van der Waals surface area (Å²) in [6.45, 7) is 6.40. The summed E-state index contributed by atoms with van der Waals surface area (Å²) in [5, 5.41) is 0. The summed E-state index contributed by atoms with van der Waals surface area (Å²) in [5.41, 5.74) is -2.79. The monoisotopic (exact) mass is 447 g/mol. The maximum absolute atomic E-state index is 12.7. The Morgan fingerprint density at radius 2 is 1.82 bits per heavy atom. The number of hydrogen-bond acceptors (Lipinski definition) is 2. The van der Waals surface area contributed by atoms with Crippen molar-refractivity contribution in [1.82, 2.24) is 0 Å². The van der Waals surface area contributed by atoms with Gasteiger partial charge in [0.15, 0.2) is 5.71 Å². The molecule has 0 fully saturated rings. The van der Waals surface area contributed by atoms with E-state index in [2.05, 4.69) is 0 Å². The van der Waals surface area contributed by atoms with Crippen LogP contribution in [0.2, 0.25) is 0 Å². The predicted molar refractivity (Wildman–Crippen MR) is 73.9 cm³/mol. The molecule has 0 aromatic heterocycles. The second-order valence-electron chi connectivity index (χ2n) is 5.02. The third kappa shape index (κ3) is 2.91. The molecule has 0 radical (unpaired) electrons. The molecule has 1 unspecified atom stereocenters. The summed E-state index contributed by atoms with van der Waals surface area (Å²) < 4.78 is 62.9. The molecule has 0 saturated carbocycles. The van der Waals surface area contributed by atoms with Gasteiger partial charge in [-0.2, -0.15) is 17.7 Å². The first-order valence-corrected chi connectivity index (χ1v) is 8.19. The number of hydrogen-bond donors (Lipinski definition) is 0. The molecule has 0 N–H and O–H groups in total. The van der Waals surface area contributed by atoms with Crippen molar-refractivity contribution in [3.05, 3.63) is 23.8 Å². The van der Waals surface area contributed by atoms with Crippen LogP contribution in [-0.2, 0) is 9.84 Å².